The topological polar surface area (TPSA) is 52.6 Å². The van der Waals surface area contributed by atoms with Crippen LogP contribution in [0.3, 0.4) is 0 Å². The Hall–Kier alpha value is -2.10. The van der Waals surface area contributed by atoms with E-state index >= 15 is 0 Å². The van der Waals surface area contributed by atoms with Crippen LogP contribution in [-0.2, 0) is 19.1 Å². The molecule has 0 aliphatic rings. The van der Waals surface area contributed by atoms with Gasteiger partial charge in [-0.15, -0.1) is 0 Å². The van der Waals surface area contributed by atoms with Crippen molar-refractivity contribution in [2.75, 3.05) is 14.2 Å². The molecular formula is C17H22O4. The number of carbonyl (C=O) groups is 2. The lowest BCUT2D eigenvalue weighted by Crippen LogP contribution is -2.18. The maximum Gasteiger partial charge on any atom is 0.345 e. The van der Waals surface area contributed by atoms with Crippen LogP contribution >= 0.6 is 0 Å². The van der Waals surface area contributed by atoms with E-state index in [0.29, 0.717) is 12.0 Å². The number of hydrogen-bond acceptors (Lipinski definition) is 4. The van der Waals surface area contributed by atoms with Gasteiger partial charge in [0.1, 0.15) is 5.57 Å². The zero-order valence-corrected chi connectivity index (χ0v) is 12.8. The number of hydrogen-bond donors (Lipinski definition) is 0. The van der Waals surface area contributed by atoms with Gasteiger partial charge in [-0.05, 0) is 24.0 Å². The van der Waals surface area contributed by atoms with Crippen LogP contribution in [0.5, 0.6) is 0 Å². The molecule has 0 spiro atoms. The van der Waals surface area contributed by atoms with Crippen LogP contribution < -0.4 is 0 Å². The van der Waals surface area contributed by atoms with Crippen LogP contribution in [0, 0.1) is 0 Å². The Labute approximate surface area is 125 Å². The third kappa shape index (κ3) is 4.74. The minimum absolute atomic E-state index is 0.0118. The summed E-state index contributed by atoms with van der Waals surface area (Å²) in [6, 6.07) is 9.41. The highest BCUT2D eigenvalue weighted by molar-refractivity contribution is 6.20. The number of benzene rings is 1. The van der Waals surface area contributed by atoms with Crippen molar-refractivity contribution in [3.63, 3.8) is 0 Å². The van der Waals surface area contributed by atoms with E-state index < -0.39 is 11.9 Å². The third-order valence-corrected chi connectivity index (χ3v) is 3.23. The Balaban J connectivity index is 3.30. The molecule has 4 nitrogen and oxygen atoms in total. The number of methoxy groups -OCH3 is 2. The van der Waals surface area contributed by atoms with E-state index in [9.17, 15) is 9.59 Å². The summed E-state index contributed by atoms with van der Waals surface area (Å²) in [6.45, 7) is 2.10. The number of esters is 2. The van der Waals surface area contributed by atoms with Crippen LogP contribution in [0.4, 0.5) is 0 Å². The molecule has 0 saturated carbocycles. The minimum Gasteiger partial charge on any atom is -0.465 e. The summed E-state index contributed by atoms with van der Waals surface area (Å²) in [6.07, 6.45) is 3.63. The van der Waals surface area contributed by atoms with Crippen molar-refractivity contribution >= 4 is 17.5 Å². The van der Waals surface area contributed by atoms with E-state index in [2.05, 4.69) is 6.92 Å². The first-order chi connectivity index (χ1) is 10.2. The molecule has 1 aromatic rings. The fraction of sp³-hybridized carbons (Fsp3) is 0.412. The van der Waals surface area contributed by atoms with Crippen molar-refractivity contribution in [3.8, 4) is 0 Å². The summed E-state index contributed by atoms with van der Waals surface area (Å²) in [4.78, 5) is 24.0. The fourth-order valence-corrected chi connectivity index (χ4v) is 2.14. The van der Waals surface area contributed by atoms with Gasteiger partial charge in [-0.25, -0.2) is 9.59 Å². The first kappa shape index (κ1) is 17.0. The highest BCUT2D eigenvalue weighted by Crippen LogP contribution is 2.26. The average Bonchev–Trinajstić information content (AvgIpc) is 2.54. The molecule has 0 heterocycles. The maximum absolute atomic E-state index is 12.0. The largest absolute Gasteiger partial charge is 0.465 e. The fourth-order valence-electron chi connectivity index (χ4n) is 2.14. The van der Waals surface area contributed by atoms with Crippen LogP contribution in [0.2, 0.25) is 0 Å². The first-order valence-corrected chi connectivity index (χ1v) is 7.10. The molecule has 0 amide bonds. The third-order valence-electron chi connectivity index (χ3n) is 3.23. The van der Waals surface area contributed by atoms with Crippen LogP contribution in [0.1, 0.15) is 38.2 Å². The highest BCUT2D eigenvalue weighted by atomic mass is 16.5. The Kier molecular flexibility index (Phi) is 7.23. The van der Waals surface area contributed by atoms with Gasteiger partial charge < -0.3 is 9.47 Å². The van der Waals surface area contributed by atoms with E-state index in [0.717, 1.165) is 24.8 Å². The average molecular weight is 290 g/mol. The van der Waals surface area contributed by atoms with E-state index in [4.69, 9.17) is 9.47 Å². The lowest BCUT2D eigenvalue weighted by Gasteiger charge is -2.13. The van der Waals surface area contributed by atoms with Gasteiger partial charge in [-0.1, -0.05) is 50.1 Å². The molecule has 0 atom stereocenters. The predicted molar refractivity (Wildman–Crippen MR) is 81.5 cm³/mol. The molecule has 0 aliphatic heterocycles. The van der Waals surface area contributed by atoms with Gasteiger partial charge in [0.25, 0.3) is 0 Å². The van der Waals surface area contributed by atoms with Crippen molar-refractivity contribution in [2.45, 2.75) is 32.6 Å². The van der Waals surface area contributed by atoms with Crippen LogP contribution in [0.25, 0.3) is 5.57 Å². The molecule has 1 rings (SSSR count). The van der Waals surface area contributed by atoms with Gasteiger partial charge in [0.05, 0.1) is 14.2 Å². The van der Waals surface area contributed by atoms with Gasteiger partial charge in [0.2, 0.25) is 0 Å². The van der Waals surface area contributed by atoms with E-state index in [1.54, 1.807) is 0 Å². The zero-order chi connectivity index (χ0) is 15.7. The zero-order valence-electron chi connectivity index (χ0n) is 12.8. The molecular weight excluding hydrogens is 268 g/mol. The molecule has 1 aromatic carbocycles. The molecule has 0 N–H and O–H groups in total. The Morgan fingerprint density at radius 1 is 0.952 bits per heavy atom. The van der Waals surface area contributed by atoms with E-state index in [1.807, 2.05) is 30.3 Å². The normalized spacial score (nSPS) is 9.86. The van der Waals surface area contributed by atoms with Crippen LogP contribution in [-0.4, -0.2) is 26.2 Å². The number of rotatable bonds is 7. The predicted octanol–water partition coefficient (Wildman–Crippen LogP) is 3.37. The molecule has 0 radical (unpaired) electrons. The van der Waals surface area contributed by atoms with E-state index in [-0.39, 0.29) is 5.57 Å². The second-order valence-corrected chi connectivity index (χ2v) is 4.66. The summed E-state index contributed by atoms with van der Waals surface area (Å²) < 4.78 is 9.49. The summed E-state index contributed by atoms with van der Waals surface area (Å²) in [7, 11) is 2.53. The second kappa shape index (κ2) is 8.95. The molecule has 0 aromatic heterocycles. The lowest BCUT2D eigenvalue weighted by molar-refractivity contribution is -0.143. The summed E-state index contributed by atoms with van der Waals surface area (Å²) in [5.41, 5.74) is 1.52. The quantitative estimate of drug-likeness (QED) is 0.254. The van der Waals surface area contributed by atoms with Gasteiger partial charge >= 0.3 is 11.9 Å². The van der Waals surface area contributed by atoms with Gasteiger partial charge in [-0.3, -0.25) is 0 Å². The van der Waals surface area contributed by atoms with Crippen molar-refractivity contribution < 1.29 is 19.1 Å². The molecule has 0 saturated heterocycles. The molecule has 0 fully saturated rings. The smallest absolute Gasteiger partial charge is 0.345 e. The number of unbranched alkanes of at least 4 members (excludes halogenated alkanes) is 2. The minimum atomic E-state index is -0.655. The number of allylic oxidation sites excluding steroid dienone is 1. The van der Waals surface area contributed by atoms with Crippen LogP contribution in [0.15, 0.2) is 35.9 Å². The van der Waals surface area contributed by atoms with Crippen molar-refractivity contribution in [1.29, 1.82) is 0 Å². The SMILES string of the molecule is CCCCCC(=C(C(=O)OC)C(=O)OC)c1ccccc1. The molecule has 21 heavy (non-hydrogen) atoms. The Morgan fingerprint density at radius 2 is 1.52 bits per heavy atom. The Morgan fingerprint density at radius 3 is 2.00 bits per heavy atom. The van der Waals surface area contributed by atoms with E-state index in [1.165, 1.54) is 14.2 Å². The van der Waals surface area contributed by atoms with Gasteiger partial charge in [0, 0.05) is 0 Å². The summed E-state index contributed by atoms with van der Waals surface area (Å²) in [5.74, 6) is -1.31. The standard InChI is InChI=1S/C17H22O4/c1-4-5-7-12-14(13-10-8-6-9-11-13)15(16(18)20-2)17(19)21-3/h6,8-11H,4-5,7,12H2,1-3H3. The summed E-state index contributed by atoms with van der Waals surface area (Å²) >= 11 is 0. The van der Waals surface area contributed by atoms with Gasteiger partial charge in [0.15, 0.2) is 0 Å². The van der Waals surface area contributed by atoms with Crippen molar-refractivity contribution in [2.24, 2.45) is 0 Å². The molecule has 0 unspecified atom stereocenters. The molecule has 0 aliphatic carbocycles. The maximum atomic E-state index is 12.0. The molecule has 114 valence electrons. The monoisotopic (exact) mass is 290 g/mol. The van der Waals surface area contributed by atoms with Gasteiger partial charge in [-0.2, -0.15) is 0 Å². The van der Waals surface area contributed by atoms with Crippen molar-refractivity contribution in [3.05, 3.63) is 41.5 Å². The first-order valence-electron chi connectivity index (χ1n) is 7.10. The number of ether oxygens (including phenoxy) is 2. The molecule has 0 bridgehead atoms. The second-order valence-electron chi connectivity index (χ2n) is 4.66. The molecule has 4 heteroatoms. The number of carbonyl (C=O) groups excluding carboxylic acids is 2. The summed E-state index contributed by atoms with van der Waals surface area (Å²) in [5, 5.41) is 0. The highest BCUT2D eigenvalue weighted by Gasteiger charge is 2.25. The van der Waals surface area contributed by atoms with Crippen molar-refractivity contribution in [1.82, 2.24) is 0 Å². The lowest BCUT2D eigenvalue weighted by atomic mass is 9.94. The Bertz CT molecular complexity index is 485.